The lowest BCUT2D eigenvalue weighted by atomic mass is 9.71. The van der Waals surface area contributed by atoms with Gasteiger partial charge in [-0.2, -0.15) is 0 Å². The Hall–Kier alpha value is -1.51. The van der Waals surface area contributed by atoms with E-state index < -0.39 is 5.97 Å². The van der Waals surface area contributed by atoms with Gasteiger partial charge in [-0.05, 0) is 42.9 Å². The van der Waals surface area contributed by atoms with Crippen molar-refractivity contribution in [2.45, 2.75) is 38.5 Å². The Labute approximate surface area is 108 Å². The topological polar surface area (TPSA) is 46.5 Å². The van der Waals surface area contributed by atoms with Gasteiger partial charge in [-0.1, -0.05) is 25.5 Å². The summed E-state index contributed by atoms with van der Waals surface area (Å²) in [6, 6.07) is 8.09. The van der Waals surface area contributed by atoms with E-state index in [1.54, 1.807) is 0 Å². The van der Waals surface area contributed by atoms with Crippen LogP contribution in [0.25, 0.3) is 0 Å². The van der Waals surface area contributed by atoms with Crippen LogP contribution in [-0.4, -0.2) is 17.7 Å². The number of hydrogen-bond donors (Lipinski definition) is 1. The van der Waals surface area contributed by atoms with E-state index in [4.69, 9.17) is 9.84 Å². The van der Waals surface area contributed by atoms with Gasteiger partial charge in [-0.3, -0.25) is 4.79 Å². The maximum Gasteiger partial charge on any atom is 0.306 e. The van der Waals surface area contributed by atoms with Crippen LogP contribution in [0.4, 0.5) is 0 Å². The summed E-state index contributed by atoms with van der Waals surface area (Å²) in [6.45, 7) is 2.91. The maximum atomic E-state index is 10.7. The number of benzene rings is 1. The van der Waals surface area contributed by atoms with Crippen LogP contribution in [0.5, 0.6) is 5.75 Å². The fraction of sp³-hybridized carbons (Fsp3) is 0.533. The predicted molar refractivity (Wildman–Crippen MR) is 69.9 cm³/mol. The number of hydrogen-bond acceptors (Lipinski definition) is 2. The molecule has 1 aromatic carbocycles. The first-order valence-electron chi connectivity index (χ1n) is 6.66. The molecule has 3 nitrogen and oxygen atoms in total. The minimum absolute atomic E-state index is 0.143. The highest BCUT2D eigenvalue weighted by Gasteiger charge is 2.35. The average molecular weight is 248 g/mol. The van der Waals surface area contributed by atoms with Gasteiger partial charge in [-0.25, -0.2) is 0 Å². The van der Waals surface area contributed by atoms with E-state index in [1.807, 2.05) is 12.1 Å². The Morgan fingerprint density at radius 3 is 2.56 bits per heavy atom. The lowest BCUT2D eigenvalue weighted by molar-refractivity contribution is -0.145. The highest BCUT2D eigenvalue weighted by atomic mass is 16.5. The smallest absolute Gasteiger partial charge is 0.306 e. The van der Waals surface area contributed by atoms with Crippen molar-refractivity contribution in [1.82, 2.24) is 0 Å². The van der Waals surface area contributed by atoms with Crippen LogP contribution in [-0.2, 0) is 4.79 Å². The standard InChI is InChI=1S/C15H20O3/c1-2-3-8-18-14-6-4-11(5-7-14)12-9-13(10-12)15(16)17/h4-7,12-13H,2-3,8-10H2,1H3,(H,16,17). The second-order valence-corrected chi connectivity index (χ2v) is 4.97. The first-order chi connectivity index (χ1) is 8.70. The lowest BCUT2D eigenvalue weighted by Crippen LogP contribution is -2.28. The third-order valence-electron chi connectivity index (χ3n) is 3.61. The van der Waals surface area contributed by atoms with Gasteiger partial charge < -0.3 is 9.84 Å². The van der Waals surface area contributed by atoms with Crippen LogP contribution < -0.4 is 4.74 Å². The summed E-state index contributed by atoms with van der Waals surface area (Å²) in [7, 11) is 0. The SMILES string of the molecule is CCCCOc1ccc(C2CC(C(=O)O)C2)cc1. The van der Waals surface area contributed by atoms with Crippen molar-refractivity contribution < 1.29 is 14.6 Å². The summed E-state index contributed by atoms with van der Waals surface area (Å²) < 4.78 is 5.60. The molecule has 0 aliphatic heterocycles. The molecule has 1 saturated carbocycles. The predicted octanol–water partition coefficient (Wildman–Crippen LogP) is 3.44. The molecule has 98 valence electrons. The molecule has 0 unspecified atom stereocenters. The molecule has 0 aromatic heterocycles. The monoisotopic (exact) mass is 248 g/mol. The molecule has 1 aliphatic rings. The van der Waals surface area contributed by atoms with Gasteiger partial charge in [0.2, 0.25) is 0 Å². The molecule has 0 radical (unpaired) electrons. The molecule has 1 aliphatic carbocycles. The molecular weight excluding hydrogens is 228 g/mol. The van der Waals surface area contributed by atoms with Gasteiger partial charge in [0.1, 0.15) is 5.75 Å². The summed E-state index contributed by atoms with van der Waals surface area (Å²) in [6.07, 6.45) is 3.75. The summed E-state index contributed by atoms with van der Waals surface area (Å²) >= 11 is 0. The Balaban J connectivity index is 1.83. The van der Waals surface area contributed by atoms with Gasteiger partial charge in [-0.15, -0.1) is 0 Å². The lowest BCUT2D eigenvalue weighted by Gasteiger charge is -2.32. The molecule has 0 heterocycles. The summed E-state index contributed by atoms with van der Waals surface area (Å²) in [5, 5.41) is 8.84. The summed E-state index contributed by atoms with van der Waals surface area (Å²) in [4.78, 5) is 10.7. The Morgan fingerprint density at radius 1 is 1.33 bits per heavy atom. The molecule has 18 heavy (non-hydrogen) atoms. The quantitative estimate of drug-likeness (QED) is 0.784. The van der Waals surface area contributed by atoms with Crippen molar-refractivity contribution in [1.29, 1.82) is 0 Å². The van der Waals surface area contributed by atoms with Crippen molar-refractivity contribution in [3.8, 4) is 5.75 Å². The van der Waals surface area contributed by atoms with Crippen LogP contribution >= 0.6 is 0 Å². The van der Waals surface area contributed by atoms with Crippen molar-refractivity contribution >= 4 is 5.97 Å². The third kappa shape index (κ3) is 3.03. The molecular formula is C15H20O3. The molecule has 0 amide bonds. The zero-order valence-electron chi connectivity index (χ0n) is 10.8. The van der Waals surface area contributed by atoms with Gasteiger partial charge in [0.15, 0.2) is 0 Å². The first-order valence-corrected chi connectivity index (χ1v) is 6.66. The Kier molecular flexibility index (Phi) is 4.24. The highest BCUT2D eigenvalue weighted by Crippen LogP contribution is 2.41. The zero-order chi connectivity index (χ0) is 13.0. The molecule has 0 saturated heterocycles. The fourth-order valence-electron chi connectivity index (χ4n) is 2.26. The fourth-order valence-corrected chi connectivity index (χ4v) is 2.26. The minimum Gasteiger partial charge on any atom is -0.494 e. The maximum absolute atomic E-state index is 10.7. The van der Waals surface area contributed by atoms with Crippen molar-refractivity contribution in [3.05, 3.63) is 29.8 Å². The molecule has 0 atom stereocenters. The third-order valence-corrected chi connectivity index (χ3v) is 3.61. The number of rotatable bonds is 6. The van der Waals surface area contributed by atoms with Gasteiger partial charge in [0.05, 0.1) is 12.5 Å². The average Bonchev–Trinajstić information content (AvgIpc) is 2.29. The van der Waals surface area contributed by atoms with Crippen LogP contribution in [0.2, 0.25) is 0 Å². The number of aliphatic carboxylic acids is 1. The normalized spacial score (nSPS) is 22.3. The molecule has 3 heteroatoms. The van der Waals surface area contributed by atoms with Crippen LogP contribution in [0.3, 0.4) is 0 Å². The van der Waals surface area contributed by atoms with Gasteiger partial charge >= 0.3 is 5.97 Å². The van der Waals surface area contributed by atoms with E-state index in [9.17, 15) is 4.79 Å². The molecule has 2 rings (SSSR count). The first kappa shape index (κ1) is 12.9. The van der Waals surface area contributed by atoms with E-state index >= 15 is 0 Å². The number of carboxylic acid groups (broad SMARTS) is 1. The van der Waals surface area contributed by atoms with Crippen molar-refractivity contribution in [2.75, 3.05) is 6.61 Å². The molecule has 1 fully saturated rings. The van der Waals surface area contributed by atoms with Crippen LogP contribution in [0, 0.1) is 5.92 Å². The van der Waals surface area contributed by atoms with Crippen molar-refractivity contribution in [3.63, 3.8) is 0 Å². The van der Waals surface area contributed by atoms with E-state index in [0.717, 1.165) is 38.0 Å². The number of unbranched alkanes of at least 4 members (excludes halogenated alkanes) is 1. The number of ether oxygens (including phenoxy) is 1. The summed E-state index contributed by atoms with van der Waals surface area (Å²) in [5.41, 5.74) is 1.23. The van der Waals surface area contributed by atoms with E-state index in [2.05, 4.69) is 19.1 Å². The van der Waals surface area contributed by atoms with Gasteiger partial charge in [0.25, 0.3) is 0 Å². The Morgan fingerprint density at radius 2 is 2.00 bits per heavy atom. The molecule has 1 N–H and O–H groups in total. The molecule has 1 aromatic rings. The molecule has 0 spiro atoms. The summed E-state index contributed by atoms with van der Waals surface area (Å²) in [5.74, 6) is 0.512. The zero-order valence-corrected chi connectivity index (χ0v) is 10.8. The van der Waals surface area contributed by atoms with Crippen LogP contribution in [0.15, 0.2) is 24.3 Å². The second-order valence-electron chi connectivity index (χ2n) is 4.97. The highest BCUT2D eigenvalue weighted by molar-refractivity contribution is 5.71. The largest absolute Gasteiger partial charge is 0.494 e. The minimum atomic E-state index is -0.661. The second kappa shape index (κ2) is 5.89. The van der Waals surface area contributed by atoms with E-state index in [1.165, 1.54) is 5.56 Å². The van der Waals surface area contributed by atoms with Gasteiger partial charge in [0, 0.05) is 0 Å². The van der Waals surface area contributed by atoms with Crippen LogP contribution in [0.1, 0.15) is 44.1 Å². The number of carbonyl (C=O) groups is 1. The Bertz CT molecular complexity index is 391. The van der Waals surface area contributed by atoms with E-state index in [-0.39, 0.29) is 5.92 Å². The molecule has 0 bridgehead atoms. The van der Waals surface area contributed by atoms with E-state index in [0.29, 0.717) is 5.92 Å². The number of carboxylic acids is 1. The van der Waals surface area contributed by atoms with Crippen molar-refractivity contribution in [2.24, 2.45) is 5.92 Å².